The third-order valence-corrected chi connectivity index (χ3v) is 5.53. The van der Waals surface area contributed by atoms with Gasteiger partial charge in [-0.1, -0.05) is 26.7 Å². The maximum atomic E-state index is 6.07. The Morgan fingerprint density at radius 2 is 1.83 bits per heavy atom. The molecule has 2 aromatic rings. The molecule has 0 saturated heterocycles. The summed E-state index contributed by atoms with van der Waals surface area (Å²) in [6, 6.07) is 0. The van der Waals surface area contributed by atoms with Crippen LogP contribution in [0.15, 0.2) is 6.20 Å². The second-order valence-electron chi connectivity index (χ2n) is 6.48. The average molecular weight is 349 g/mol. The first-order valence-electron chi connectivity index (χ1n) is 9.36. The molecule has 0 spiro atoms. The molecule has 0 fully saturated rings. The topological polar surface area (TPSA) is 56.7 Å². The van der Waals surface area contributed by atoms with Crippen molar-refractivity contribution in [1.29, 1.82) is 0 Å². The Balaban J connectivity index is 2.07. The van der Waals surface area contributed by atoms with Gasteiger partial charge < -0.3 is 10.3 Å². The van der Waals surface area contributed by atoms with E-state index < -0.39 is 0 Å². The highest BCUT2D eigenvalue weighted by molar-refractivity contribution is 7.99. The molecule has 0 saturated carbocycles. The first kappa shape index (κ1) is 19.1. The highest BCUT2D eigenvalue weighted by Gasteiger charge is 2.15. The number of anilines is 1. The molecule has 0 atom stereocenters. The predicted octanol–water partition coefficient (Wildman–Crippen LogP) is 4.98. The van der Waals surface area contributed by atoms with E-state index in [-0.39, 0.29) is 0 Å². The number of fused-ring (bicyclic) bond motifs is 1. The van der Waals surface area contributed by atoms with Crippen molar-refractivity contribution in [2.45, 2.75) is 72.3 Å². The molecule has 0 aliphatic carbocycles. The Hall–Kier alpha value is -1.23. The quantitative estimate of drug-likeness (QED) is 0.582. The second-order valence-corrected chi connectivity index (χ2v) is 7.70. The number of nitrogens with two attached hydrogens (primary N) is 1. The van der Waals surface area contributed by atoms with Gasteiger partial charge in [-0.25, -0.2) is 9.97 Å². The molecular weight excluding hydrogens is 316 g/mol. The molecule has 5 heteroatoms. The van der Waals surface area contributed by atoms with Gasteiger partial charge in [0.1, 0.15) is 11.3 Å². The first-order valence-corrected chi connectivity index (χ1v) is 10.5. The number of rotatable bonds is 11. The van der Waals surface area contributed by atoms with Gasteiger partial charge in [-0.05, 0) is 49.7 Å². The molecular formula is C19H32N4S. The Labute approximate surface area is 150 Å². The van der Waals surface area contributed by atoms with Crippen LogP contribution in [0.5, 0.6) is 0 Å². The molecule has 2 aromatic heterocycles. The zero-order chi connectivity index (χ0) is 17.4. The van der Waals surface area contributed by atoms with Crippen molar-refractivity contribution in [2.75, 3.05) is 17.2 Å². The lowest BCUT2D eigenvalue weighted by Crippen LogP contribution is -2.06. The number of unbranched alkanes of at least 4 members (excludes halogenated alkanes) is 3. The fourth-order valence-corrected chi connectivity index (χ4v) is 4.06. The van der Waals surface area contributed by atoms with Gasteiger partial charge in [0.2, 0.25) is 0 Å². The summed E-state index contributed by atoms with van der Waals surface area (Å²) < 4.78 is 2.40. The van der Waals surface area contributed by atoms with Crippen LogP contribution in [0.2, 0.25) is 0 Å². The van der Waals surface area contributed by atoms with Gasteiger partial charge in [0.15, 0.2) is 5.82 Å². The summed E-state index contributed by atoms with van der Waals surface area (Å²) in [6.45, 7) is 7.62. The lowest BCUT2D eigenvalue weighted by Gasteiger charge is -2.10. The van der Waals surface area contributed by atoms with Crippen LogP contribution in [0.3, 0.4) is 0 Å². The van der Waals surface area contributed by atoms with Crippen molar-refractivity contribution in [3.8, 4) is 0 Å². The zero-order valence-corrected chi connectivity index (χ0v) is 16.3. The summed E-state index contributed by atoms with van der Waals surface area (Å²) in [5, 5.41) is 0. The van der Waals surface area contributed by atoms with E-state index in [2.05, 4.69) is 42.1 Å². The van der Waals surface area contributed by atoms with Crippen molar-refractivity contribution in [3.63, 3.8) is 0 Å². The molecule has 4 nitrogen and oxygen atoms in total. The summed E-state index contributed by atoms with van der Waals surface area (Å²) in [6.07, 6.45) is 10.3. The van der Waals surface area contributed by atoms with Gasteiger partial charge in [-0.2, -0.15) is 11.8 Å². The molecule has 0 bridgehead atoms. The van der Waals surface area contributed by atoms with Gasteiger partial charge in [-0.15, -0.1) is 0 Å². The lowest BCUT2D eigenvalue weighted by molar-refractivity contribution is 0.605. The molecule has 0 aromatic carbocycles. The number of nitrogens with zero attached hydrogens (tertiary/aromatic N) is 3. The summed E-state index contributed by atoms with van der Waals surface area (Å²) >= 11 is 2.09. The van der Waals surface area contributed by atoms with E-state index in [9.17, 15) is 0 Å². The SMILES string of the molecule is CCCCSCCCCn1c(CCCC)nc2c(N)ncc(C)c21. The van der Waals surface area contributed by atoms with Crippen LogP contribution in [-0.2, 0) is 13.0 Å². The lowest BCUT2D eigenvalue weighted by atomic mass is 10.2. The smallest absolute Gasteiger partial charge is 0.151 e. The summed E-state index contributed by atoms with van der Waals surface area (Å²) in [4.78, 5) is 9.10. The van der Waals surface area contributed by atoms with E-state index in [1.165, 1.54) is 66.9 Å². The maximum absolute atomic E-state index is 6.07. The number of aryl methyl sites for hydroxylation is 3. The van der Waals surface area contributed by atoms with E-state index in [0.717, 1.165) is 18.5 Å². The van der Waals surface area contributed by atoms with Crippen LogP contribution in [-0.4, -0.2) is 26.0 Å². The number of pyridine rings is 1. The van der Waals surface area contributed by atoms with Crippen LogP contribution < -0.4 is 5.73 Å². The van der Waals surface area contributed by atoms with Crippen molar-refractivity contribution < 1.29 is 0 Å². The second kappa shape index (κ2) is 9.92. The molecule has 24 heavy (non-hydrogen) atoms. The van der Waals surface area contributed by atoms with Crippen LogP contribution in [0.1, 0.15) is 63.8 Å². The summed E-state index contributed by atoms with van der Waals surface area (Å²) in [5.74, 6) is 4.29. The molecule has 0 unspecified atom stereocenters. The third-order valence-electron chi connectivity index (χ3n) is 4.38. The van der Waals surface area contributed by atoms with Gasteiger partial charge in [-0.3, -0.25) is 0 Å². The third kappa shape index (κ3) is 4.88. The number of imidazole rings is 1. The molecule has 2 heterocycles. The van der Waals surface area contributed by atoms with Crippen molar-refractivity contribution in [1.82, 2.24) is 14.5 Å². The number of aromatic nitrogens is 3. The van der Waals surface area contributed by atoms with Crippen molar-refractivity contribution in [3.05, 3.63) is 17.6 Å². The Bertz CT molecular complexity index is 636. The maximum Gasteiger partial charge on any atom is 0.151 e. The first-order chi connectivity index (χ1) is 11.7. The Kier molecular flexibility index (Phi) is 7.89. The van der Waals surface area contributed by atoms with Crippen LogP contribution in [0.25, 0.3) is 11.0 Å². The molecule has 0 amide bonds. The van der Waals surface area contributed by atoms with Gasteiger partial charge in [0.25, 0.3) is 0 Å². The van der Waals surface area contributed by atoms with Gasteiger partial charge >= 0.3 is 0 Å². The molecule has 0 aliphatic heterocycles. The van der Waals surface area contributed by atoms with Crippen LogP contribution >= 0.6 is 11.8 Å². The summed E-state index contributed by atoms with van der Waals surface area (Å²) in [7, 11) is 0. The van der Waals surface area contributed by atoms with E-state index in [1.807, 2.05) is 6.20 Å². The highest BCUT2D eigenvalue weighted by Crippen LogP contribution is 2.25. The van der Waals surface area contributed by atoms with Crippen LogP contribution in [0.4, 0.5) is 5.82 Å². The normalized spacial score (nSPS) is 11.5. The van der Waals surface area contributed by atoms with E-state index in [4.69, 9.17) is 10.7 Å². The van der Waals surface area contributed by atoms with Gasteiger partial charge in [0, 0.05) is 19.2 Å². The number of nitrogen functional groups attached to an aromatic ring is 1. The average Bonchev–Trinajstić information content (AvgIpc) is 2.95. The predicted molar refractivity (Wildman–Crippen MR) is 107 cm³/mol. The minimum Gasteiger partial charge on any atom is -0.382 e. The summed E-state index contributed by atoms with van der Waals surface area (Å²) in [5.41, 5.74) is 9.32. The number of thioether (sulfide) groups is 1. The minimum atomic E-state index is 0.558. The number of hydrogen-bond acceptors (Lipinski definition) is 4. The molecule has 0 radical (unpaired) electrons. The number of hydrogen-bond donors (Lipinski definition) is 1. The van der Waals surface area contributed by atoms with E-state index in [0.29, 0.717) is 5.82 Å². The zero-order valence-electron chi connectivity index (χ0n) is 15.5. The molecule has 134 valence electrons. The van der Waals surface area contributed by atoms with E-state index in [1.54, 1.807) is 0 Å². The van der Waals surface area contributed by atoms with Crippen molar-refractivity contribution >= 4 is 28.6 Å². The van der Waals surface area contributed by atoms with Crippen molar-refractivity contribution in [2.24, 2.45) is 0 Å². The highest BCUT2D eigenvalue weighted by atomic mass is 32.2. The molecule has 0 aliphatic rings. The minimum absolute atomic E-state index is 0.558. The Morgan fingerprint density at radius 1 is 1.08 bits per heavy atom. The monoisotopic (exact) mass is 348 g/mol. The fourth-order valence-electron chi connectivity index (χ4n) is 2.96. The van der Waals surface area contributed by atoms with E-state index >= 15 is 0 Å². The molecule has 2 N–H and O–H groups in total. The largest absolute Gasteiger partial charge is 0.382 e. The fraction of sp³-hybridized carbons (Fsp3) is 0.684. The van der Waals surface area contributed by atoms with Gasteiger partial charge in [0.05, 0.1) is 5.52 Å². The Morgan fingerprint density at radius 3 is 2.58 bits per heavy atom. The van der Waals surface area contributed by atoms with Crippen LogP contribution in [0, 0.1) is 6.92 Å². The standard InChI is InChI=1S/C19H32N4S/c1-4-6-10-16-22-17-18(15(3)14-21-19(17)20)23(16)11-8-9-13-24-12-7-5-2/h14H,4-13H2,1-3H3,(H2,20,21). The molecule has 2 rings (SSSR count).